The van der Waals surface area contributed by atoms with Crippen molar-refractivity contribution in [1.82, 2.24) is 25.5 Å². The molecule has 1 aromatic rings. The minimum absolute atomic E-state index is 0.0613. The number of rotatable bonds is 8. The molecule has 8 nitrogen and oxygen atoms in total. The van der Waals surface area contributed by atoms with Crippen LogP contribution in [-0.2, 0) is 21.1 Å². The molecule has 10 heteroatoms. The zero-order chi connectivity index (χ0) is 14.4. The van der Waals surface area contributed by atoms with Gasteiger partial charge in [-0.3, -0.25) is 0 Å². The van der Waals surface area contributed by atoms with Gasteiger partial charge in [-0.1, -0.05) is 11.8 Å². The molecule has 0 radical (unpaired) electrons. The molecular formula is C10H19N5O3S2. The van der Waals surface area contributed by atoms with Gasteiger partial charge in [-0.25, -0.2) is 13.1 Å². The zero-order valence-electron chi connectivity index (χ0n) is 11.4. The van der Waals surface area contributed by atoms with E-state index in [1.54, 1.807) is 11.8 Å². The molecule has 2 rings (SSSR count). The minimum Gasteiger partial charge on any atom is -0.383 e. The van der Waals surface area contributed by atoms with E-state index >= 15 is 0 Å². The first-order chi connectivity index (χ1) is 9.61. The molecular weight excluding hydrogens is 302 g/mol. The molecule has 1 N–H and O–H groups in total. The van der Waals surface area contributed by atoms with Crippen LogP contribution in [0.3, 0.4) is 0 Å². The fourth-order valence-corrected chi connectivity index (χ4v) is 5.36. The SMILES string of the molecule is COCCNCCn1nnnc1SC1CCS(=O)(=O)C1. The molecule has 1 atom stereocenters. The summed E-state index contributed by atoms with van der Waals surface area (Å²) in [7, 11) is -1.20. The number of ether oxygens (including phenoxy) is 1. The molecule has 0 aliphatic carbocycles. The number of nitrogens with one attached hydrogen (secondary N) is 1. The van der Waals surface area contributed by atoms with E-state index in [1.807, 2.05) is 0 Å². The van der Waals surface area contributed by atoms with Gasteiger partial charge < -0.3 is 10.1 Å². The summed E-state index contributed by atoms with van der Waals surface area (Å²) in [5.41, 5.74) is 0. The van der Waals surface area contributed by atoms with Crippen LogP contribution in [0.2, 0.25) is 0 Å². The highest BCUT2D eigenvalue weighted by Crippen LogP contribution is 2.28. The number of aromatic nitrogens is 4. The third kappa shape index (κ3) is 4.69. The number of hydrogen-bond acceptors (Lipinski definition) is 8. The summed E-state index contributed by atoms with van der Waals surface area (Å²) in [5, 5.41) is 15.5. The van der Waals surface area contributed by atoms with Crippen LogP contribution in [0.15, 0.2) is 5.16 Å². The lowest BCUT2D eigenvalue weighted by atomic mass is 10.4. The second kappa shape index (κ2) is 7.34. The number of tetrazole rings is 1. The fraction of sp³-hybridized carbons (Fsp3) is 0.900. The lowest BCUT2D eigenvalue weighted by Crippen LogP contribution is -2.24. The topological polar surface area (TPSA) is 99.0 Å². The molecule has 0 spiro atoms. The average molecular weight is 321 g/mol. The van der Waals surface area contributed by atoms with E-state index < -0.39 is 9.84 Å². The van der Waals surface area contributed by atoms with Crippen molar-refractivity contribution in [2.45, 2.75) is 23.4 Å². The molecule has 0 amide bonds. The normalized spacial score (nSPS) is 21.4. The van der Waals surface area contributed by atoms with Crippen molar-refractivity contribution in [1.29, 1.82) is 0 Å². The summed E-state index contributed by atoms with van der Waals surface area (Å²) in [5.74, 6) is 0.488. The second-order valence-corrected chi connectivity index (χ2v) is 8.07. The van der Waals surface area contributed by atoms with Gasteiger partial charge in [-0.2, -0.15) is 0 Å². The van der Waals surface area contributed by atoms with Gasteiger partial charge >= 0.3 is 0 Å². The summed E-state index contributed by atoms with van der Waals surface area (Å²) in [6.07, 6.45) is 0.673. The standard InChI is InChI=1S/C10H19N5O3S2/c1-18-6-4-11-3-5-15-10(12-13-14-15)19-9-2-7-20(16,17)8-9/h9,11H,2-8H2,1H3. The summed E-state index contributed by atoms with van der Waals surface area (Å²) in [6, 6.07) is 0. The largest absolute Gasteiger partial charge is 0.383 e. The Balaban J connectivity index is 1.80. The smallest absolute Gasteiger partial charge is 0.209 e. The van der Waals surface area contributed by atoms with Gasteiger partial charge in [0, 0.05) is 25.4 Å². The maximum Gasteiger partial charge on any atom is 0.209 e. The van der Waals surface area contributed by atoms with E-state index in [2.05, 4.69) is 20.8 Å². The first-order valence-corrected chi connectivity index (χ1v) is 9.14. The van der Waals surface area contributed by atoms with E-state index in [9.17, 15) is 8.42 Å². The number of nitrogens with zero attached hydrogens (tertiary/aromatic N) is 4. The van der Waals surface area contributed by atoms with Crippen molar-refractivity contribution < 1.29 is 13.2 Å². The summed E-state index contributed by atoms with van der Waals surface area (Å²) < 4.78 is 29.5. The minimum atomic E-state index is -2.86. The predicted molar refractivity (Wildman–Crippen MR) is 75.5 cm³/mol. The number of methoxy groups -OCH3 is 1. The summed E-state index contributed by atoms with van der Waals surface area (Å²) in [4.78, 5) is 0. The Bertz CT molecular complexity index is 519. The van der Waals surface area contributed by atoms with E-state index in [0.717, 1.165) is 13.1 Å². The lowest BCUT2D eigenvalue weighted by molar-refractivity contribution is 0.199. The van der Waals surface area contributed by atoms with Crippen molar-refractivity contribution in [2.75, 3.05) is 38.3 Å². The Morgan fingerprint density at radius 1 is 1.50 bits per heavy atom. The van der Waals surface area contributed by atoms with Crippen LogP contribution in [0.4, 0.5) is 0 Å². The maximum absolute atomic E-state index is 11.4. The zero-order valence-corrected chi connectivity index (χ0v) is 13.0. The number of sulfone groups is 1. The number of hydrogen-bond donors (Lipinski definition) is 1. The Hall–Kier alpha value is -0.710. The van der Waals surface area contributed by atoms with Crippen LogP contribution in [0, 0.1) is 0 Å². The molecule has 0 bridgehead atoms. The Morgan fingerprint density at radius 3 is 3.05 bits per heavy atom. The average Bonchev–Trinajstić information content (AvgIpc) is 2.96. The van der Waals surface area contributed by atoms with Crippen molar-refractivity contribution in [3.05, 3.63) is 0 Å². The fourth-order valence-electron chi connectivity index (χ4n) is 1.91. The van der Waals surface area contributed by atoms with E-state index in [-0.39, 0.29) is 16.8 Å². The molecule has 0 saturated carbocycles. The van der Waals surface area contributed by atoms with Gasteiger partial charge in [-0.15, -0.1) is 5.10 Å². The monoisotopic (exact) mass is 321 g/mol. The van der Waals surface area contributed by atoms with Crippen molar-refractivity contribution >= 4 is 21.6 Å². The summed E-state index contributed by atoms with van der Waals surface area (Å²) in [6.45, 7) is 2.84. The molecule has 1 aliphatic heterocycles. The molecule has 114 valence electrons. The van der Waals surface area contributed by atoms with Gasteiger partial charge in [0.1, 0.15) is 0 Å². The third-order valence-electron chi connectivity index (χ3n) is 2.95. The quantitative estimate of drug-likeness (QED) is 0.621. The van der Waals surface area contributed by atoms with E-state index in [1.165, 1.54) is 11.8 Å². The molecule has 20 heavy (non-hydrogen) atoms. The second-order valence-electron chi connectivity index (χ2n) is 4.57. The van der Waals surface area contributed by atoms with Gasteiger partial charge in [0.15, 0.2) is 9.84 Å². The van der Waals surface area contributed by atoms with Crippen LogP contribution in [-0.4, -0.2) is 72.2 Å². The molecule has 0 aromatic carbocycles. The Kier molecular flexibility index (Phi) is 5.75. The van der Waals surface area contributed by atoms with E-state index in [4.69, 9.17) is 4.74 Å². The summed E-state index contributed by atoms with van der Waals surface area (Å²) >= 11 is 1.45. The molecule has 1 unspecified atom stereocenters. The highest BCUT2D eigenvalue weighted by atomic mass is 32.2. The van der Waals surface area contributed by atoms with Gasteiger partial charge in [0.2, 0.25) is 5.16 Å². The molecule has 1 aliphatic rings. The first kappa shape index (κ1) is 15.7. The first-order valence-electron chi connectivity index (χ1n) is 6.43. The van der Waals surface area contributed by atoms with Crippen LogP contribution >= 0.6 is 11.8 Å². The highest BCUT2D eigenvalue weighted by molar-refractivity contribution is 8.01. The van der Waals surface area contributed by atoms with Gasteiger partial charge in [-0.05, 0) is 16.8 Å². The number of thioether (sulfide) groups is 1. The highest BCUT2D eigenvalue weighted by Gasteiger charge is 2.30. The molecule has 1 aromatic heterocycles. The van der Waals surface area contributed by atoms with Crippen molar-refractivity contribution in [3.8, 4) is 0 Å². The van der Waals surface area contributed by atoms with E-state index in [0.29, 0.717) is 24.7 Å². The van der Waals surface area contributed by atoms with Crippen molar-refractivity contribution in [2.24, 2.45) is 0 Å². The van der Waals surface area contributed by atoms with Crippen LogP contribution in [0.25, 0.3) is 0 Å². The van der Waals surface area contributed by atoms with Crippen LogP contribution in [0.1, 0.15) is 6.42 Å². The maximum atomic E-state index is 11.4. The van der Waals surface area contributed by atoms with Crippen LogP contribution in [0.5, 0.6) is 0 Å². The third-order valence-corrected chi connectivity index (χ3v) is 6.16. The molecule has 1 fully saturated rings. The van der Waals surface area contributed by atoms with Crippen molar-refractivity contribution in [3.63, 3.8) is 0 Å². The van der Waals surface area contributed by atoms with Gasteiger partial charge in [0.05, 0.1) is 24.7 Å². The Labute approximate surface area is 122 Å². The van der Waals surface area contributed by atoms with Crippen LogP contribution < -0.4 is 5.32 Å². The molecule has 1 saturated heterocycles. The lowest BCUT2D eigenvalue weighted by Gasteiger charge is -2.08. The van der Waals surface area contributed by atoms with Gasteiger partial charge in [0.25, 0.3) is 0 Å². The Morgan fingerprint density at radius 2 is 2.35 bits per heavy atom. The predicted octanol–water partition coefficient (Wildman–Crippen LogP) is -0.812. The molecule has 2 heterocycles.